The summed E-state index contributed by atoms with van der Waals surface area (Å²) in [7, 11) is 0. The topological polar surface area (TPSA) is 125 Å². The SMILES string of the molecule is CCNC(=O)C(COC(=O)Cc1cccc(N(C(=O)c2ccccc2-c2ccc(C(F)(F)F)cc2)C(=O)N2CCCC2)c1)(C(=O)NCC)c1ccccc1. The van der Waals surface area contributed by atoms with E-state index in [1.54, 1.807) is 85.5 Å². The van der Waals surface area contributed by atoms with Crippen LogP contribution in [0.15, 0.2) is 103 Å². The zero-order chi connectivity index (χ0) is 38.9. The summed E-state index contributed by atoms with van der Waals surface area (Å²) in [6, 6.07) is 24.7. The van der Waals surface area contributed by atoms with Crippen LogP contribution in [0.4, 0.5) is 23.7 Å². The van der Waals surface area contributed by atoms with E-state index in [2.05, 4.69) is 10.6 Å². The van der Waals surface area contributed by atoms with Crippen LogP contribution in [0.2, 0.25) is 0 Å². The lowest BCUT2D eigenvalue weighted by molar-refractivity contribution is -0.150. The highest BCUT2D eigenvalue weighted by Gasteiger charge is 2.48. The van der Waals surface area contributed by atoms with Gasteiger partial charge in [0.2, 0.25) is 11.8 Å². The first-order chi connectivity index (χ1) is 25.9. The number of anilines is 1. The maximum atomic E-state index is 14.4. The second-order valence-corrected chi connectivity index (χ2v) is 12.7. The number of esters is 1. The normalized spacial score (nSPS) is 12.9. The molecule has 4 aromatic rings. The molecule has 0 aromatic heterocycles. The van der Waals surface area contributed by atoms with Crippen molar-refractivity contribution in [3.63, 3.8) is 0 Å². The van der Waals surface area contributed by atoms with Crippen molar-refractivity contribution in [3.05, 3.63) is 125 Å². The summed E-state index contributed by atoms with van der Waals surface area (Å²) in [5.74, 6) is -2.75. The van der Waals surface area contributed by atoms with Gasteiger partial charge in [-0.2, -0.15) is 13.2 Å². The molecule has 2 N–H and O–H groups in total. The number of hydrogen-bond acceptors (Lipinski definition) is 6. The number of hydrogen-bond donors (Lipinski definition) is 2. The van der Waals surface area contributed by atoms with Gasteiger partial charge in [-0.3, -0.25) is 19.2 Å². The van der Waals surface area contributed by atoms with Gasteiger partial charge in [0.25, 0.3) is 5.91 Å². The molecule has 1 aliphatic rings. The largest absolute Gasteiger partial charge is 0.463 e. The maximum absolute atomic E-state index is 14.4. The molecule has 282 valence electrons. The molecule has 1 heterocycles. The minimum absolute atomic E-state index is 0.0857. The van der Waals surface area contributed by atoms with Crippen LogP contribution in [0.25, 0.3) is 11.1 Å². The molecule has 5 amide bonds. The van der Waals surface area contributed by atoms with Crippen LogP contribution >= 0.6 is 0 Å². The number of urea groups is 1. The first-order valence-corrected chi connectivity index (χ1v) is 17.7. The molecule has 54 heavy (non-hydrogen) atoms. The molecule has 0 bridgehead atoms. The number of benzene rings is 4. The van der Waals surface area contributed by atoms with Crippen LogP contribution in [0, 0.1) is 0 Å². The van der Waals surface area contributed by atoms with Gasteiger partial charge >= 0.3 is 18.2 Å². The number of likely N-dealkylation sites (N-methyl/N-ethyl adjacent to an activating group) is 2. The number of amides is 5. The summed E-state index contributed by atoms with van der Waals surface area (Å²) in [5.41, 5.74) is -1.08. The number of likely N-dealkylation sites (tertiary alicyclic amines) is 1. The van der Waals surface area contributed by atoms with Crippen molar-refractivity contribution in [2.45, 2.75) is 44.7 Å². The predicted molar refractivity (Wildman–Crippen MR) is 196 cm³/mol. The van der Waals surface area contributed by atoms with Crippen LogP contribution in [0.1, 0.15) is 53.7 Å². The van der Waals surface area contributed by atoms with Gasteiger partial charge in [0, 0.05) is 31.7 Å². The van der Waals surface area contributed by atoms with Crippen LogP contribution < -0.4 is 15.5 Å². The fourth-order valence-electron chi connectivity index (χ4n) is 6.38. The second kappa shape index (κ2) is 17.2. The van der Waals surface area contributed by atoms with E-state index in [0.717, 1.165) is 29.9 Å². The predicted octanol–water partition coefficient (Wildman–Crippen LogP) is 6.53. The van der Waals surface area contributed by atoms with Gasteiger partial charge < -0.3 is 20.3 Å². The van der Waals surface area contributed by atoms with Crippen LogP contribution in [-0.4, -0.2) is 67.4 Å². The zero-order valence-corrected chi connectivity index (χ0v) is 29.9. The highest BCUT2D eigenvalue weighted by atomic mass is 19.4. The van der Waals surface area contributed by atoms with Gasteiger partial charge in [0.15, 0.2) is 5.41 Å². The Balaban J connectivity index is 1.45. The third kappa shape index (κ3) is 8.62. The Morgan fingerprint density at radius 3 is 1.96 bits per heavy atom. The van der Waals surface area contributed by atoms with Gasteiger partial charge in [-0.25, -0.2) is 9.69 Å². The van der Waals surface area contributed by atoms with Gasteiger partial charge in [0.1, 0.15) is 6.61 Å². The molecule has 1 fully saturated rings. The quantitative estimate of drug-likeness (QED) is 0.126. The number of carbonyl (C=O) groups is 5. The maximum Gasteiger partial charge on any atom is 0.416 e. The van der Waals surface area contributed by atoms with Crippen molar-refractivity contribution >= 4 is 35.4 Å². The highest BCUT2D eigenvalue weighted by molar-refractivity contribution is 6.22. The van der Waals surface area contributed by atoms with Gasteiger partial charge in [-0.05, 0) is 79.3 Å². The minimum Gasteiger partial charge on any atom is -0.463 e. The Morgan fingerprint density at radius 1 is 0.741 bits per heavy atom. The van der Waals surface area contributed by atoms with Crippen molar-refractivity contribution in [1.82, 2.24) is 15.5 Å². The Morgan fingerprint density at radius 2 is 1.35 bits per heavy atom. The molecule has 0 unspecified atom stereocenters. The monoisotopic (exact) mass is 742 g/mol. The number of alkyl halides is 3. The van der Waals surface area contributed by atoms with Crippen LogP contribution in [-0.2, 0) is 37.1 Å². The lowest BCUT2D eigenvalue weighted by Gasteiger charge is -2.31. The van der Waals surface area contributed by atoms with E-state index in [4.69, 9.17) is 4.74 Å². The molecule has 0 atom stereocenters. The second-order valence-electron chi connectivity index (χ2n) is 12.7. The standard InChI is InChI=1S/C41H41F3N4O6/c1-3-45-37(51)40(38(52)46-4-2,30-14-6-5-7-15-30)27-54-35(49)26-28-13-12-16-32(25-28)48(39(53)47-23-10-11-24-47)36(50)34-18-9-8-17-33(34)29-19-21-31(22-20-29)41(42,43)44/h5-9,12-22,25H,3-4,10-11,23-24,26-27H2,1-2H3,(H,45,51)(H,46,52). The third-order valence-corrected chi connectivity index (χ3v) is 9.14. The number of rotatable bonds is 12. The van der Waals surface area contributed by atoms with E-state index < -0.39 is 53.5 Å². The van der Waals surface area contributed by atoms with E-state index in [-0.39, 0.29) is 30.8 Å². The van der Waals surface area contributed by atoms with Crippen molar-refractivity contribution in [2.75, 3.05) is 37.7 Å². The fourth-order valence-corrected chi connectivity index (χ4v) is 6.38. The van der Waals surface area contributed by atoms with Crippen LogP contribution in [0.5, 0.6) is 0 Å². The molecule has 10 nitrogen and oxygen atoms in total. The molecule has 1 aliphatic heterocycles. The molecular weight excluding hydrogens is 701 g/mol. The summed E-state index contributed by atoms with van der Waals surface area (Å²) >= 11 is 0. The average molecular weight is 743 g/mol. The van der Waals surface area contributed by atoms with E-state index >= 15 is 0 Å². The molecule has 5 rings (SSSR count). The molecule has 13 heteroatoms. The highest BCUT2D eigenvalue weighted by Crippen LogP contribution is 2.33. The molecule has 0 aliphatic carbocycles. The van der Waals surface area contributed by atoms with E-state index in [1.165, 1.54) is 24.3 Å². The lowest BCUT2D eigenvalue weighted by atomic mass is 9.79. The number of ether oxygens (including phenoxy) is 1. The Bertz CT molecular complexity index is 1960. The Hall–Kier alpha value is -5.98. The molecule has 0 saturated carbocycles. The zero-order valence-electron chi connectivity index (χ0n) is 29.9. The molecular formula is C41H41F3N4O6. The Kier molecular flexibility index (Phi) is 12.5. The van der Waals surface area contributed by atoms with E-state index in [9.17, 15) is 37.1 Å². The number of carbonyl (C=O) groups excluding carboxylic acids is 5. The van der Waals surface area contributed by atoms with E-state index in [0.29, 0.717) is 35.3 Å². The average Bonchev–Trinajstić information content (AvgIpc) is 3.71. The van der Waals surface area contributed by atoms with Crippen molar-refractivity contribution in [1.29, 1.82) is 0 Å². The van der Waals surface area contributed by atoms with Crippen LogP contribution in [0.3, 0.4) is 0 Å². The summed E-state index contributed by atoms with van der Waals surface area (Å²) in [4.78, 5) is 71.4. The summed E-state index contributed by atoms with van der Waals surface area (Å²) < 4.78 is 45.5. The molecule has 0 spiro atoms. The fraction of sp³-hybridized carbons (Fsp3) is 0.293. The minimum atomic E-state index is -4.54. The van der Waals surface area contributed by atoms with E-state index in [1.807, 2.05) is 0 Å². The number of nitrogens with one attached hydrogen (secondary N) is 2. The van der Waals surface area contributed by atoms with Gasteiger partial charge in [0.05, 0.1) is 17.7 Å². The number of nitrogens with zero attached hydrogens (tertiary/aromatic N) is 2. The summed E-state index contributed by atoms with van der Waals surface area (Å²) in [5, 5.41) is 5.38. The summed E-state index contributed by atoms with van der Waals surface area (Å²) in [6.45, 7) is 4.14. The number of halogens is 3. The molecule has 4 aromatic carbocycles. The third-order valence-electron chi connectivity index (χ3n) is 9.14. The number of imide groups is 1. The molecule has 0 radical (unpaired) electrons. The first-order valence-electron chi connectivity index (χ1n) is 17.7. The van der Waals surface area contributed by atoms with Gasteiger partial charge in [-0.15, -0.1) is 0 Å². The Labute approximate surface area is 311 Å². The summed E-state index contributed by atoms with van der Waals surface area (Å²) in [6.07, 6.45) is -3.37. The van der Waals surface area contributed by atoms with Crippen molar-refractivity contribution < 1.29 is 41.9 Å². The van der Waals surface area contributed by atoms with Crippen molar-refractivity contribution in [3.8, 4) is 11.1 Å². The molecule has 1 saturated heterocycles. The smallest absolute Gasteiger partial charge is 0.416 e. The lowest BCUT2D eigenvalue weighted by Crippen LogP contribution is -2.57. The first kappa shape index (κ1) is 39.2. The van der Waals surface area contributed by atoms with Crippen molar-refractivity contribution in [2.24, 2.45) is 0 Å². The van der Waals surface area contributed by atoms with Gasteiger partial charge in [-0.1, -0.05) is 72.8 Å².